The molecule has 0 amide bonds. The highest BCUT2D eigenvalue weighted by atomic mass is 79.9. The zero-order chi connectivity index (χ0) is 15.2. The molecule has 0 aliphatic carbocycles. The van der Waals surface area contributed by atoms with Crippen LogP contribution in [-0.4, -0.2) is 12.6 Å². The fourth-order valence-corrected chi connectivity index (χ4v) is 2.29. The molecule has 0 saturated heterocycles. The predicted molar refractivity (Wildman–Crippen MR) is 87.1 cm³/mol. The van der Waals surface area contributed by atoms with Gasteiger partial charge in [-0.15, -0.1) is 0 Å². The van der Waals surface area contributed by atoms with Crippen molar-refractivity contribution >= 4 is 15.9 Å². The molecule has 2 aromatic rings. The van der Waals surface area contributed by atoms with Crippen LogP contribution < -0.4 is 10.1 Å². The normalized spacial score (nSPS) is 12.2. The first-order valence-corrected chi connectivity index (χ1v) is 7.71. The van der Waals surface area contributed by atoms with Gasteiger partial charge in [-0.05, 0) is 53.5 Å². The summed E-state index contributed by atoms with van der Waals surface area (Å²) in [5.74, 6) is 0.624. The Morgan fingerprint density at radius 2 is 1.90 bits per heavy atom. The molecule has 2 rings (SSSR count). The molecular formula is C17H19BrFNO. The van der Waals surface area contributed by atoms with E-state index in [1.165, 1.54) is 11.6 Å². The van der Waals surface area contributed by atoms with Gasteiger partial charge in [0.2, 0.25) is 0 Å². The van der Waals surface area contributed by atoms with Crippen LogP contribution in [-0.2, 0) is 6.54 Å². The van der Waals surface area contributed by atoms with Gasteiger partial charge in [-0.1, -0.05) is 29.8 Å². The number of hydrogen-bond donors (Lipinski definition) is 1. The van der Waals surface area contributed by atoms with E-state index >= 15 is 0 Å². The summed E-state index contributed by atoms with van der Waals surface area (Å²) in [6.07, 6.45) is 0. The van der Waals surface area contributed by atoms with Gasteiger partial charge in [0.15, 0.2) is 0 Å². The van der Waals surface area contributed by atoms with Gasteiger partial charge in [-0.2, -0.15) is 0 Å². The highest BCUT2D eigenvalue weighted by Crippen LogP contribution is 2.20. The minimum absolute atomic E-state index is 0.168. The predicted octanol–water partition coefficient (Wildman–Crippen LogP) is 4.45. The molecule has 112 valence electrons. The van der Waals surface area contributed by atoms with Gasteiger partial charge in [0, 0.05) is 12.6 Å². The summed E-state index contributed by atoms with van der Waals surface area (Å²) < 4.78 is 19.6. The monoisotopic (exact) mass is 351 g/mol. The van der Waals surface area contributed by atoms with E-state index in [9.17, 15) is 4.39 Å². The highest BCUT2D eigenvalue weighted by molar-refractivity contribution is 9.10. The van der Waals surface area contributed by atoms with Crippen LogP contribution in [0.2, 0.25) is 0 Å². The maximum atomic E-state index is 13.4. The van der Waals surface area contributed by atoms with E-state index in [0.29, 0.717) is 17.6 Å². The van der Waals surface area contributed by atoms with Crippen LogP contribution in [0.1, 0.15) is 18.1 Å². The zero-order valence-corrected chi connectivity index (χ0v) is 13.8. The lowest BCUT2D eigenvalue weighted by Crippen LogP contribution is -2.31. The Balaban J connectivity index is 1.80. The van der Waals surface area contributed by atoms with Crippen molar-refractivity contribution in [1.29, 1.82) is 0 Å². The van der Waals surface area contributed by atoms with Gasteiger partial charge in [-0.25, -0.2) is 4.39 Å². The van der Waals surface area contributed by atoms with Crippen molar-refractivity contribution in [2.24, 2.45) is 0 Å². The molecule has 21 heavy (non-hydrogen) atoms. The van der Waals surface area contributed by atoms with Crippen molar-refractivity contribution < 1.29 is 9.13 Å². The van der Waals surface area contributed by atoms with Crippen LogP contribution in [0.25, 0.3) is 0 Å². The molecule has 2 nitrogen and oxygen atoms in total. The van der Waals surface area contributed by atoms with E-state index in [0.717, 1.165) is 11.3 Å². The molecule has 0 spiro atoms. The van der Waals surface area contributed by atoms with Crippen molar-refractivity contribution in [2.45, 2.75) is 26.4 Å². The zero-order valence-electron chi connectivity index (χ0n) is 12.2. The molecule has 0 heterocycles. The number of nitrogens with one attached hydrogen (secondary N) is 1. The summed E-state index contributed by atoms with van der Waals surface area (Å²) >= 11 is 3.27. The standard InChI is InChI=1S/C17H19BrFNO/c1-12-6-8-15(9-7-12)21-11-13(2)20-10-14-4-3-5-16(19)17(14)18/h3-9,13,20H,10-11H2,1-2H3. The SMILES string of the molecule is Cc1ccc(OCC(C)NCc2cccc(F)c2Br)cc1. The van der Waals surface area contributed by atoms with Gasteiger partial charge in [0.05, 0.1) is 4.47 Å². The summed E-state index contributed by atoms with van der Waals surface area (Å²) in [4.78, 5) is 0. The van der Waals surface area contributed by atoms with Gasteiger partial charge in [0.1, 0.15) is 18.2 Å². The molecule has 4 heteroatoms. The molecule has 0 fully saturated rings. The second kappa shape index (κ2) is 7.57. The largest absolute Gasteiger partial charge is 0.492 e. The van der Waals surface area contributed by atoms with E-state index in [2.05, 4.69) is 21.2 Å². The van der Waals surface area contributed by atoms with Gasteiger partial charge in [0.25, 0.3) is 0 Å². The Morgan fingerprint density at radius 1 is 1.19 bits per heavy atom. The topological polar surface area (TPSA) is 21.3 Å². The van der Waals surface area contributed by atoms with Gasteiger partial charge in [-0.3, -0.25) is 0 Å². The molecule has 1 atom stereocenters. The number of rotatable bonds is 6. The van der Waals surface area contributed by atoms with Crippen molar-refractivity contribution in [1.82, 2.24) is 5.32 Å². The van der Waals surface area contributed by atoms with Crippen LogP contribution in [0.5, 0.6) is 5.75 Å². The van der Waals surface area contributed by atoms with E-state index in [-0.39, 0.29) is 11.9 Å². The van der Waals surface area contributed by atoms with Crippen molar-refractivity contribution in [3.05, 3.63) is 63.9 Å². The van der Waals surface area contributed by atoms with E-state index in [1.807, 2.05) is 44.2 Å². The van der Waals surface area contributed by atoms with E-state index in [4.69, 9.17) is 4.74 Å². The van der Waals surface area contributed by atoms with E-state index in [1.54, 1.807) is 6.07 Å². The van der Waals surface area contributed by atoms with Crippen LogP contribution in [0, 0.1) is 12.7 Å². The number of halogens is 2. The van der Waals surface area contributed by atoms with Crippen molar-refractivity contribution in [3.63, 3.8) is 0 Å². The van der Waals surface area contributed by atoms with Crippen LogP contribution >= 0.6 is 15.9 Å². The van der Waals surface area contributed by atoms with Crippen molar-refractivity contribution in [3.8, 4) is 5.75 Å². The molecule has 0 aromatic heterocycles. The van der Waals surface area contributed by atoms with Gasteiger partial charge < -0.3 is 10.1 Å². The molecular weight excluding hydrogens is 333 g/mol. The summed E-state index contributed by atoms with van der Waals surface area (Å²) in [7, 11) is 0. The highest BCUT2D eigenvalue weighted by Gasteiger charge is 2.07. The summed E-state index contributed by atoms with van der Waals surface area (Å²) in [6, 6.07) is 13.2. The molecule has 2 aromatic carbocycles. The first-order valence-electron chi connectivity index (χ1n) is 6.92. The van der Waals surface area contributed by atoms with Crippen molar-refractivity contribution in [2.75, 3.05) is 6.61 Å². The van der Waals surface area contributed by atoms with Gasteiger partial charge >= 0.3 is 0 Å². The Morgan fingerprint density at radius 3 is 2.62 bits per heavy atom. The minimum atomic E-state index is -0.238. The first kappa shape index (κ1) is 16.0. The minimum Gasteiger partial charge on any atom is -0.492 e. The quantitative estimate of drug-likeness (QED) is 0.829. The fourth-order valence-electron chi connectivity index (χ4n) is 1.88. The van der Waals surface area contributed by atoms with Crippen LogP contribution in [0.3, 0.4) is 0 Å². The molecule has 0 saturated carbocycles. The average molecular weight is 352 g/mol. The molecule has 1 unspecified atom stereocenters. The summed E-state index contributed by atoms with van der Waals surface area (Å²) in [5.41, 5.74) is 2.11. The lowest BCUT2D eigenvalue weighted by atomic mass is 10.2. The number of hydrogen-bond acceptors (Lipinski definition) is 2. The molecule has 0 aliphatic heterocycles. The Bertz CT molecular complexity index is 586. The maximum Gasteiger partial charge on any atom is 0.137 e. The first-order chi connectivity index (χ1) is 10.1. The number of benzene rings is 2. The second-order valence-electron chi connectivity index (χ2n) is 5.12. The molecule has 0 aliphatic rings. The summed E-state index contributed by atoms with van der Waals surface area (Å²) in [6.45, 7) is 5.25. The van der Waals surface area contributed by atoms with Crippen LogP contribution in [0.15, 0.2) is 46.9 Å². The third-order valence-corrected chi connectivity index (χ3v) is 4.08. The van der Waals surface area contributed by atoms with Crippen LogP contribution in [0.4, 0.5) is 4.39 Å². The Hall–Kier alpha value is -1.39. The molecule has 1 N–H and O–H groups in total. The lowest BCUT2D eigenvalue weighted by Gasteiger charge is -2.16. The lowest BCUT2D eigenvalue weighted by molar-refractivity contribution is 0.272. The second-order valence-corrected chi connectivity index (χ2v) is 5.91. The fraction of sp³-hybridized carbons (Fsp3) is 0.294. The Kier molecular flexibility index (Phi) is 5.76. The smallest absolute Gasteiger partial charge is 0.137 e. The molecule has 0 radical (unpaired) electrons. The Labute approximate surface area is 133 Å². The molecule has 0 bridgehead atoms. The third-order valence-electron chi connectivity index (χ3n) is 3.19. The average Bonchev–Trinajstić information content (AvgIpc) is 2.48. The number of aryl methyl sites for hydroxylation is 1. The van der Waals surface area contributed by atoms with E-state index < -0.39 is 0 Å². The third kappa shape index (κ3) is 4.83. The maximum absolute atomic E-state index is 13.4. The summed E-state index contributed by atoms with van der Waals surface area (Å²) in [5, 5.41) is 3.33. The number of ether oxygens (including phenoxy) is 1.